The Morgan fingerprint density at radius 1 is 1.06 bits per heavy atom. The molecule has 0 aliphatic carbocycles. The molecule has 0 amide bonds. The molecule has 1 aliphatic heterocycles. The Bertz CT molecular complexity index is 1430. The van der Waals surface area contributed by atoms with Crippen molar-refractivity contribution in [1.82, 2.24) is 9.78 Å². The number of thioether (sulfide) groups is 1. The lowest BCUT2D eigenvalue weighted by molar-refractivity contribution is -0.129. The minimum absolute atomic E-state index is 0.0395. The number of aromatic nitrogens is 2. The zero-order chi connectivity index (χ0) is 24.4. The maximum absolute atomic E-state index is 13.7. The molecule has 1 aliphatic rings. The summed E-state index contributed by atoms with van der Waals surface area (Å²) in [6, 6.07) is 12.5. The molecule has 0 fully saturated rings. The highest BCUT2D eigenvalue weighted by Gasteiger charge is 2.46. The predicted molar refractivity (Wildman–Crippen MR) is 119 cm³/mol. The Hall–Kier alpha value is -3.21. The van der Waals surface area contributed by atoms with Crippen LogP contribution in [0.3, 0.4) is 0 Å². The van der Waals surface area contributed by atoms with Crippen LogP contribution in [0.4, 0.5) is 32.0 Å². The van der Waals surface area contributed by atoms with Gasteiger partial charge >= 0.3 is 12.4 Å². The average molecular weight is 495 g/mol. The largest absolute Gasteiger partial charge is 0.454 e. The van der Waals surface area contributed by atoms with E-state index in [4.69, 9.17) is 0 Å². The van der Waals surface area contributed by atoms with E-state index in [1.54, 1.807) is 30.3 Å². The van der Waals surface area contributed by atoms with Gasteiger partial charge in [0, 0.05) is 35.0 Å². The molecule has 4 nitrogen and oxygen atoms in total. The van der Waals surface area contributed by atoms with E-state index in [2.05, 4.69) is 5.10 Å². The quantitative estimate of drug-likeness (QED) is 0.230. The van der Waals surface area contributed by atoms with Gasteiger partial charge in [0.15, 0.2) is 0 Å². The van der Waals surface area contributed by atoms with Gasteiger partial charge in [-0.3, -0.25) is 4.79 Å². The number of Topliss-reactive ketones (excluding diaryl/α,β-unsaturated/α-hetero) is 1. The summed E-state index contributed by atoms with van der Waals surface area (Å²) in [7, 11) is 1.49. The highest BCUT2D eigenvalue weighted by atomic mass is 32.2. The van der Waals surface area contributed by atoms with Crippen molar-refractivity contribution in [1.29, 1.82) is 0 Å². The summed E-state index contributed by atoms with van der Waals surface area (Å²) in [6.07, 6.45) is -8.32. The van der Waals surface area contributed by atoms with Crippen molar-refractivity contribution in [2.75, 3.05) is 17.8 Å². The second kappa shape index (κ2) is 7.66. The summed E-state index contributed by atoms with van der Waals surface area (Å²) in [5.41, 5.74) is 0.00742. The number of nitrogens with zero attached hydrogens (tertiary/aromatic N) is 3. The van der Waals surface area contributed by atoms with Crippen molar-refractivity contribution in [2.24, 2.45) is 0 Å². The number of carbonyl (C=O) groups excluding carboxylic acids is 1. The number of rotatable bonds is 2. The number of anilines is 1. The summed E-state index contributed by atoms with van der Waals surface area (Å²) in [5, 5.41) is 2.84. The lowest BCUT2D eigenvalue weighted by Gasteiger charge is -2.35. The number of fused-ring (bicyclic) bond motifs is 5. The number of ketones is 1. The molecule has 0 saturated carbocycles. The highest BCUT2D eigenvalue weighted by molar-refractivity contribution is 7.99. The van der Waals surface area contributed by atoms with E-state index in [9.17, 15) is 31.1 Å². The normalized spacial score (nSPS) is 16.8. The first-order valence-electron chi connectivity index (χ1n) is 10.0. The van der Waals surface area contributed by atoms with Crippen LogP contribution in [0.1, 0.15) is 21.2 Å². The van der Waals surface area contributed by atoms with Crippen molar-refractivity contribution in [3.8, 4) is 5.69 Å². The third-order valence-corrected chi connectivity index (χ3v) is 7.09. The SMILES string of the molecule is CN1CSC(C(F)(F)F)c2ccc3c(c(C(=O)C(F)(F)F)cc4cn(-c5ccccc5)nc43)c21. The molecule has 34 heavy (non-hydrogen) atoms. The second-order valence-electron chi connectivity index (χ2n) is 7.94. The van der Waals surface area contributed by atoms with Crippen LogP contribution in [-0.4, -0.2) is 40.8 Å². The van der Waals surface area contributed by atoms with Crippen LogP contribution >= 0.6 is 11.8 Å². The van der Waals surface area contributed by atoms with Crippen molar-refractivity contribution in [2.45, 2.75) is 17.6 Å². The molecule has 2 heterocycles. The zero-order valence-electron chi connectivity index (χ0n) is 17.4. The van der Waals surface area contributed by atoms with Crippen LogP contribution in [0.5, 0.6) is 0 Å². The first-order valence-corrected chi connectivity index (χ1v) is 11.1. The minimum atomic E-state index is -5.20. The van der Waals surface area contributed by atoms with Gasteiger partial charge in [-0.15, -0.1) is 11.8 Å². The Morgan fingerprint density at radius 3 is 2.41 bits per heavy atom. The van der Waals surface area contributed by atoms with E-state index in [0.29, 0.717) is 17.4 Å². The molecule has 3 aromatic carbocycles. The summed E-state index contributed by atoms with van der Waals surface area (Å²) >= 11 is 0.628. The summed E-state index contributed by atoms with van der Waals surface area (Å²) in [4.78, 5) is 13.9. The number of alkyl halides is 6. The van der Waals surface area contributed by atoms with Gasteiger partial charge in [0.05, 0.1) is 17.3 Å². The molecule has 0 spiro atoms. The minimum Gasteiger partial charge on any atom is -0.365 e. The first kappa shape index (κ1) is 22.6. The summed E-state index contributed by atoms with van der Waals surface area (Å²) in [6.45, 7) is 0. The highest BCUT2D eigenvalue weighted by Crippen LogP contribution is 2.53. The standard InChI is InChI=1S/C23H15F6N3OS/c1-31-11-34-21(23(27,28)29)15-8-7-14-17(19(15)31)16(20(33)22(24,25)26)9-12-10-32(30-18(12)14)13-5-3-2-4-6-13/h2-10,21H,11H2,1H3. The van der Waals surface area contributed by atoms with Crippen LogP contribution < -0.4 is 4.90 Å². The van der Waals surface area contributed by atoms with Crippen molar-refractivity contribution < 1.29 is 31.1 Å². The Morgan fingerprint density at radius 2 is 1.76 bits per heavy atom. The average Bonchev–Trinajstić information content (AvgIpc) is 3.21. The fourth-order valence-corrected chi connectivity index (χ4v) is 5.35. The summed E-state index contributed by atoms with van der Waals surface area (Å²) < 4.78 is 83.4. The zero-order valence-corrected chi connectivity index (χ0v) is 18.2. The first-order chi connectivity index (χ1) is 16.0. The maximum Gasteiger partial charge on any atom is 0.454 e. The molecule has 0 N–H and O–H groups in total. The molecule has 1 atom stereocenters. The number of hydrogen-bond acceptors (Lipinski definition) is 4. The third kappa shape index (κ3) is 3.58. The molecule has 4 aromatic rings. The van der Waals surface area contributed by atoms with Gasteiger partial charge < -0.3 is 4.90 Å². The van der Waals surface area contributed by atoms with Gasteiger partial charge in [-0.2, -0.15) is 31.4 Å². The van der Waals surface area contributed by atoms with E-state index in [1.807, 2.05) is 0 Å². The van der Waals surface area contributed by atoms with Gasteiger partial charge in [0.2, 0.25) is 0 Å². The fraction of sp³-hybridized carbons (Fsp3) is 0.217. The van der Waals surface area contributed by atoms with Gasteiger partial charge in [-0.05, 0) is 23.8 Å². The van der Waals surface area contributed by atoms with E-state index in [1.165, 1.54) is 35.0 Å². The van der Waals surface area contributed by atoms with Crippen molar-refractivity contribution in [3.05, 3.63) is 65.9 Å². The van der Waals surface area contributed by atoms with E-state index >= 15 is 0 Å². The summed E-state index contributed by atoms with van der Waals surface area (Å²) in [5.74, 6) is -2.22. The third-order valence-electron chi connectivity index (χ3n) is 5.70. The Labute approximate surface area is 193 Å². The van der Waals surface area contributed by atoms with E-state index < -0.39 is 28.9 Å². The molecule has 5 rings (SSSR count). The van der Waals surface area contributed by atoms with Gasteiger partial charge in [-0.1, -0.05) is 30.3 Å². The second-order valence-corrected chi connectivity index (χ2v) is 9.00. The fourth-order valence-electron chi connectivity index (χ4n) is 4.29. The smallest absolute Gasteiger partial charge is 0.365 e. The Balaban J connectivity index is 1.89. The number of carbonyl (C=O) groups is 1. The van der Waals surface area contributed by atoms with Crippen molar-refractivity contribution >= 4 is 44.9 Å². The number of halogens is 6. The molecule has 0 bridgehead atoms. The van der Waals surface area contributed by atoms with E-state index in [-0.39, 0.29) is 38.8 Å². The predicted octanol–water partition coefficient (Wildman–Crippen LogP) is 6.67. The molecular weight excluding hydrogens is 480 g/mol. The van der Waals surface area contributed by atoms with Crippen LogP contribution in [0, 0.1) is 0 Å². The lowest BCUT2D eigenvalue weighted by atomic mass is 9.93. The van der Waals surface area contributed by atoms with Crippen molar-refractivity contribution in [3.63, 3.8) is 0 Å². The van der Waals surface area contributed by atoms with Crippen LogP contribution in [0.15, 0.2) is 54.7 Å². The number of benzene rings is 3. The van der Waals surface area contributed by atoms with Gasteiger partial charge in [0.25, 0.3) is 5.78 Å². The van der Waals surface area contributed by atoms with Gasteiger partial charge in [0.1, 0.15) is 10.8 Å². The molecule has 1 unspecified atom stereocenters. The maximum atomic E-state index is 13.7. The number of para-hydroxylation sites is 1. The topological polar surface area (TPSA) is 38.1 Å². The van der Waals surface area contributed by atoms with E-state index in [0.717, 1.165) is 6.07 Å². The lowest BCUT2D eigenvalue weighted by Crippen LogP contribution is -2.31. The van der Waals surface area contributed by atoms with Crippen LogP contribution in [0.25, 0.3) is 27.4 Å². The Kier molecular flexibility index (Phi) is 5.08. The molecule has 0 radical (unpaired) electrons. The molecule has 1 aromatic heterocycles. The van der Waals surface area contributed by atoms with Crippen LogP contribution in [-0.2, 0) is 0 Å². The number of hydrogen-bond donors (Lipinski definition) is 0. The molecular formula is C23H15F6N3OS. The monoisotopic (exact) mass is 495 g/mol. The van der Waals surface area contributed by atoms with Gasteiger partial charge in [-0.25, -0.2) is 4.68 Å². The van der Waals surface area contributed by atoms with Crippen LogP contribution in [0.2, 0.25) is 0 Å². The molecule has 176 valence electrons. The molecule has 11 heteroatoms. The molecule has 0 saturated heterocycles.